The minimum absolute atomic E-state index is 0.104. The first-order valence-corrected chi connectivity index (χ1v) is 41.5. The lowest BCUT2D eigenvalue weighted by Crippen LogP contribution is -2.30. The Morgan fingerprint density at radius 3 is 0.817 bits per heavy atom. The number of rotatable bonds is 73. The molecule has 0 fully saturated rings. The molecule has 0 saturated carbocycles. The van der Waals surface area contributed by atoms with Crippen molar-refractivity contribution in [2.45, 2.75) is 400 Å². The predicted octanol–water partition coefficient (Wildman–Crippen LogP) is 21.6. The summed E-state index contributed by atoms with van der Waals surface area (Å²) in [6.45, 7) is 9.48. The first kappa shape index (κ1) is 91.1. The molecule has 3 unspecified atom stereocenters. The van der Waals surface area contributed by atoms with Crippen LogP contribution in [-0.4, -0.2) is 96.7 Å². The number of aliphatic hydroxyl groups is 1. The van der Waals surface area contributed by atoms with E-state index in [9.17, 15) is 43.2 Å². The third-order valence-electron chi connectivity index (χ3n) is 17.6. The van der Waals surface area contributed by atoms with Crippen molar-refractivity contribution in [3.8, 4) is 0 Å². The maximum Gasteiger partial charge on any atom is 0.472 e. The van der Waals surface area contributed by atoms with Gasteiger partial charge < -0.3 is 33.8 Å². The lowest BCUT2D eigenvalue weighted by molar-refractivity contribution is -0.161. The highest BCUT2D eigenvalue weighted by Gasteiger charge is 2.30. The number of carbonyl (C=O) groups is 4. The SMILES string of the molecule is CCCCCCCCCCCCCCCCCCCCCCCCC(=O)O[C@H](COC(=O)CCCCCCCCCCCCCC(C)C)COP(=O)(O)OC[C@@H](O)COP(=O)(O)OC[C@@H](COC(=O)CCCCCCC)OC(=O)CCCCCCCCCCC(C)CC. The number of phosphoric acid groups is 2. The maximum absolute atomic E-state index is 13.1. The number of carbonyl (C=O) groups excluding carboxylic acids is 4. The average molecular weight is 1370 g/mol. The lowest BCUT2D eigenvalue weighted by atomic mass is 9.99. The van der Waals surface area contributed by atoms with Crippen LogP contribution in [0.25, 0.3) is 0 Å². The second-order valence-corrected chi connectivity index (χ2v) is 30.3. The molecular weight excluding hydrogens is 1220 g/mol. The van der Waals surface area contributed by atoms with Gasteiger partial charge in [0.05, 0.1) is 26.4 Å². The van der Waals surface area contributed by atoms with Crippen molar-refractivity contribution < 1.29 is 80.2 Å². The van der Waals surface area contributed by atoms with E-state index < -0.39 is 97.5 Å². The molecule has 0 aliphatic heterocycles. The molecule has 0 rings (SSSR count). The van der Waals surface area contributed by atoms with Crippen LogP contribution in [0.2, 0.25) is 0 Å². The van der Waals surface area contributed by atoms with E-state index in [1.165, 1.54) is 193 Å². The molecule has 552 valence electrons. The van der Waals surface area contributed by atoms with Crippen LogP contribution < -0.4 is 0 Å². The van der Waals surface area contributed by atoms with Crippen LogP contribution in [0.5, 0.6) is 0 Å². The highest BCUT2D eigenvalue weighted by molar-refractivity contribution is 7.47. The van der Waals surface area contributed by atoms with E-state index in [1.807, 2.05) is 0 Å². The highest BCUT2D eigenvalue weighted by Crippen LogP contribution is 2.45. The van der Waals surface area contributed by atoms with Gasteiger partial charge in [-0.2, -0.15) is 0 Å². The van der Waals surface area contributed by atoms with Gasteiger partial charge in [-0.05, 0) is 37.5 Å². The minimum Gasteiger partial charge on any atom is -0.462 e. The Morgan fingerprint density at radius 1 is 0.312 bits per heavy atom. The summed E-state index contributed by atoms with van der Waals surface area (Å²) in [5.41, 5.74) is 0. The fourth-order valence-corrected chi connectivity index (χ4v) is 12.8. The Balaban J connectivity index is 5.11. The van der Waals surface area contributed by atoms with Crippen LogP contribution in [0.4, 0.5) is 0 Å². The van der Waals surface area contributed by atoms with Crippen LogP contribution >= 0.6 is 15.6 Å². The number of esters is 4. The van der Waals surface area contributed by atoms with Gasteiger partial charge in [-0.15, -0.1) is 0 Å². The van der Waals surface area contributed by atoms with E-state index in [0.717, 1.165) is 108 Å². The molecular formula is C74H144O17P2. The van der Waals surface area contributed by atoms with Crippen molar-refractivity contribution in [1.82, 2.24) is 0 Å². The van der Waals surface area contributed by atoms with Gasteiger partial charge in [-0.25, -0.2) is 9.13 Å². The van der Waals surface area contributed by atoms with Gasteiger partial charge in [0.15, 0.2) is 12.2 Å². The fourth-order valence-electron chi connectivity index (χ4n) is 11.3. The number of ether oxygens (including phenoxy) is 4. The molecule has 0 aliphatic carbocycles. The number of aliphatic hydroxyl groups excluding tert-OH is 1. The highest BCUT2D eigenvalue weighted by atomic mass is 31.2. The van der Waals surface area contributed by atoms with Crippen molar-refractivity contribution in [3.05, 3.63) is 0 Å². The largest absolute Gasteiger partial charge is 0.472 e. The van der Waals surface area contributed by atoms with E-state index >= 15 is 0 Å². The van der Waals surface area contributed by atoms with Gasteiger partial charge in [0, 0.05) is 25.7 Å². The lowest BCUT2D eigenvalue weighted by Gasteiger charge is -2.21. The van der Waals surface area contributed by atoms with Crippen LogP contribution in [0.15, 0.2) is 0 Å². The second kappa shape index (κ2) is 66.0. The summed E-state index contributed by atoms with van der Waals surface area (Å²) in [7, 11) is -9.90. The van der Waals surface area contributed by atoms with E-state index in [-0.39, 0.29) is 25.7 Å². The van der Waals surface area contributed by atoms with Crippen LogP contribution in [0.3, 0.4) is 0 Å². The molecule has 0 aromatic heterocycles. The Labute approximate surface area is 568 Å². The molecule has 93 heavy (non-hydrogen) atoms. The molecule has 17 nitrogen and oxygen atoms in total. The van der Waals surface area contributed by atoms with E-state index in [0.29, 0.717) is 25.7 Å². The first-order valence-electron chi connectivity index (χ1n) is 38.5. The van der Waals surface area contributed by atoms with Gasteiger partial charge in [0.25, 0.3) is 0 Å². The van der Waals surface area contributed by atoms with E-state index in [1.54, 1.807) is 0 Å². The quantitative estimate of drug-likeness (QED) is 0.0222. The molecule has 0 aliphatic rings. The minimum atomic E-state index is -4.95. The predicted molar refractivity (Wildman–Crippen MR) is 377 cm³/mol. The molecule has 0 radical (unpaired) electrons. The monoisotopic (exact) mass is 1370 g/mol. The van der Waals surface area contributed by atoms with E-state index in [2.05, 4.69) is 41.5 Å². The second-order valence-electron chi connectivity index (χ2n) is 27.4. The summed E-state index contributed by atoms with van der Waals surface area (Å²) >= 11 is 0. The van der Waals surface area contributed by atoms with Gasteiger partial charge in [-0.3, -0.25) is 37.3 Å². The Kier molecular flexibility index (Phi) is 64.6. The standard InChI is InChI=1S/C74H144O17P2/c1-7-10-12-14-15-16-17-18-19-20-21-22-23-24-25-26-27-30-34-40-46-52-58-73(78)91-70(63-85-72(77)57-51-45-39-33-31-28-29-32-37-43-48-54-66(4)5)65-89-93(82,83)87-61-68(75)60-86-92(80,81)88-64-69(62-84-71(76)56-50-42-13-11-8-2)90-74(79)59-53-47-41-36-35-38-44-49-55-67(6)9-3/h66-70,75H,7-65H2,1-6H3,(H,80,81)(H,82,83)/t67?,68-,69+,70+/m0/s1. The molecule has 0 bridgehead atoms. The van der Waals surface area contributed by atoms with Crippen molar-refractivity contribution in [3.63, 3.8) is 0 Å². The van der Waals surface area contributed by atoms with Crippen molar-refractivity contribution in [1.29, 1.82) is 0 Å². The molecule has 3 N–H and O–H groups in total. The number of unbranched alkanes of at least 4 members (excludes halogenated alkanes) is 42. The topological polar surface area (TPSA) is 237 Å². The molecule has 0 amide bonds. The van der Waals surface area contributed by atoms with E-state index in [4.69, 9.17) is 37.0 Å². The molecule has 6 atom stereocenters. The molecule has 19 heteroatoms. The zero-order valence-corrected chi connectivity index (χ0v) is 62.3. The maximum atomic E-state index is 13.1. The number of hydrogen-bond acceptors (Lipinski definition) is 15. The van der Waals surface area contributed by atoms with Crippen LogP contribution in [0.1, 0.15) is 382 Å². The zero-order valence-electron chi connectivity index (χ0n) is 60.6. The summed E-state index contributed by atoms with van der Waals surface area (Å²) in [5, 5.41) is 10.6. The molecule has 0 aromatic rings. The number of phosphoric ester groups is 2. The summed E-state index contributed by atoms with van der Waals surface area (Å²) in [6, 6.07) is 0. The van der Waals surface area contributed by atoms with Gasteiger partial charge >= 0.3 is 39.5 Å². The Bertz CT molecular complexity index is 1810. The fraction of sp³-hybridized carbons (Fsp3) is 0.946. The molecule has 0 heterocycles. The van der Waals surface area contributed by atoms with Gasteiger partial charge in [0.1, 0.15) is 19.3 Å². The summed E-state index contributed by atoms with van der Waals surface area (Å²) in [4.78, 5) is 72.4. The number of hydrogen-bond donors (Lipinski definition) is 3. The van der Waals surface area contributed by atoms with Crippen molar-refractivity contribution >= 4 is 39.5 Å². The smallest absolute Gasteiger partial charge is 0.462 e. The summed E-state index contributed by atoms with van der Waals surface area (Å²) in [5.74, 6) is -0.592. The Hall–Kier alpha value is -1.94. The molecule has 0 saturated heterocycles. The average Bonchev–Trinajstić information content (AvgIpc) is 2.54. The third-order valence-corrected chi connectivity index (χ3v) is 19.5. The van der Waals surface area contributed by atoms with Crippen molar-refractivity contribution in [2.75, 3.05) is 39.6 Å². The molecule has 0 aromatic carbocycles. The normalized spacial score (nSPS) is 14.3. The summed E-state index contributed by atoms with van der Waals surface area (Å²) < 4.78 is 68.2. The van der Waals surface area contributed by atoms with Crippen molar-refractivity contribution in [2.24, 2.45) is 11.8 Å². The van der Waals surface area contributed by atoms with Gasteiger partial charge in [0.2, 0.25) is 0 Å². The molecule has 0 spiro atoms. The summed E-state index contributed by atoms with van der Waals surface area (Å²) in [6.07, 6.45) is 53.3. The Morgan fingerprint density at radius 2 is 0.548 bits per heavy atom. The third kappa shape index (κ3) is 67.0. The zero-order chi connectivity index (χ0) is 68.6. The van der Waals surface area contributed by atoms with Gasteiger partial charge in [-0.1, -0.05) is 330 Å². The first-order chi connectivity index (χ1) is 44.9. The van der Waals surface area contributed by atoms with Crippen LogP contribution in [0, 0.1) is 11.8 Å². The van der Waals surface area contributed by atoms with Crippen LogP contribution in [-0.2, 0) is 65.4 Å².